The van der Waals surface area contributed by atoms with Gasteiger partial charge in [0.1, 0.15) is 5.82 Å². The molecule has 0 radical (unpaired) electrons. The fraction of sp³-hybridized carbons (Fsp3) is 0.100. The van der Waals surface area contributed by atoms with Crippen molar-refractivity contribution in [3.8, 4) is 0 Å². The summed E-state index contributed by atoms with van der Waals surface area (Å²) >= 11 is 0. The SMILES string of the molecule is COCc1ccccc1C(=O)Nc1ccc(Nc2ccccc2)nc1. The average molecular weight is 333 g/mol. The molecule has 0 fully saturated rings. The van der Waals surface area contributed by atoms with Gasteiger partial charge in [-0.2, -0.15) is 0 Å². The van der Waals surface area contributed by atoms with Crippen molar-refractivity contribution >= 4 is 23.1 Å². The van der Waals surface area contributed by atoms with Crippen LogP contribution in [0.1, 0.15) is 15.9 Å². The standard InChI is InChI=1S/C20H19N3O2/c1-25-14-15-7-5-6-10-18(15)20(24)23-17-11-12-19(21-13-17)22-16-8-3-2-4-9-16/h2-13H,14H2,1H3,(H,21,22)(H,23,24). The van der Waals surface area contributed by atoms with Gasteiger partial charge in [-0.3, -0.25) is 4.79 Å². The normalized spacial score (nSPS) is 10.3. The molecule has 5 heteroatoms. The van der Waals surface area contributed by atoms with Gasteiger partial charge in [0.15, 0.2) is 0 Å². The third kappa shape index (κ3) is 4.43. The van der Waals surface area contributed by atoms with E-state index in [1.165, 1.54) is 0 Å². The topological polar surface area (TPSA) is 63.2 Å². The highest BCUT2D eigenvalue weighted by atomic mass is 16.5. The maximum absolute atomic E-state index is 12.5. The fourth-order valence-corrected chi connectivity index (χ4v) is 2.43. The molecule has 0 spiro atoms. The Morgan fingerprint density at radius 2 is 1.72 bits per heavy atom. The van der Waals surface area contributed by atoms with Gasteiger partial charge in [0.2, 0.25) is 0 Å². The van der Waals surface area contributed by atoms with E-state index < -0.39 is 0 Å². The number of anilines is 3. The molecular weight excluding hydrogens is 314 g/mol. The third-order valence-corrected chi connectivity index (χ3v) is 3.63. The second-order valence-electron chi connectivity index (χ2n) is 5.47. The van der Waals surface area contributed by atoms with Crippen molar-refractivity contribution in [2.45, 2.75) is 6.61 Å². The minimum atomic E-state index is -0.182. The molecule has 5 nitrogen and oxygen atoms in total. The van der Waals surface area contributed by atoms with Gasteiger partial charge >= 0.3 is 0 Å². The molecule has 0 aliphatic carbocycles. The number of aromatic nitrogens is 1. The van der Waals surface area contributed by atoms with Crippen molar-refractivity contribution in [3.63, 3.8) is 0 Å². The van der Waals surface area contributed by atoms with Crippen LogP contribution >= 0.6 is 0 Å². The summed E-state index contributed by atoms with van der Waals surface area (Å²) in [7, 11) is 1.61. The van der Waals surface area contributed by atoms with Gasteiger partial charge in [-0.25, -0.2) is 4.98 Å². The molecule has 0 saturated heterocycles. The van der Waals surface area contributed by atoms with Crippen LogP contribution in [-0.4, -0.2) is 18.0 Å². The molecule has 0 atom stereocenters. The molecule has 3 aromatic rings. The molecule has 2 aromatic carbocycles. The maximum atomic E-state index is 12.5. The predicted octanol–water partition coefficient (Wildman–Crippen LogP) is 4.22. The first-order valence-corrected chi connectivity index (χ1v) is 7.92. The van der Waals surface area contributed by atoms with Crippen LogP contribution < -0.4 is 10.6 Å². The number of ether oxygens (including phenoxy) is 1. The van der Waals surface area contributed by atoms with Crippen molar-refractivity contribution in [3.05, 3.63) is 84.1 Å². The number of hydrogen-bond donors (Lipinski definition) is 2. The summed E-state index contributed by atoms with van der Waals surface area (Å²) in [4.78, 5) is 16.8. The van der Waals surface area contributed by atoms with Crippen molar-refractivity contribution in [1.29, 1.82) is 0 Å². The lowest BCUT2D eigenvalue weighted by molar-refractivity contribution is 0.102. The van der Waals surface area contributed by atoms with Crippen molar-refractivity contribution < 1.29 is 9.53 Å². The molecule has 0 aliphatic rings. The molecule has 0 bridgehead atoms. The van der Waals surface area contributed by atoms with Crippen LogP contribution in [0.4, 0.5) is 17.2 Å². The molecule has 2 N–H and O–H groups in total. The quantitative estimate of drug-likeness (QED) is 0.709. The van der Waals surface area contributed by atoms with E-state index in [2.05, 4.69) is 15.6 Å². The average Bonchev–Trinajstić information content (AvgIpc) is 2.65. The number of nitrogens with one attached hydrogen (secondary N) is 2. The summed E-state index contributed by atoms with van der Waals surface area (Å²) < 4.78 is 5.14. The van der Waals surface area contributed by atoms with Crippen molar-refractivity contribution in [1.82, 2.24) is 4.98 Å². The molecular formula is C20H19N3O2. The molecule has 1 amide bonds. The van der Waals surface area contributed by atoms with E-state index in [0.29, 0.717) is 23.7 Å². The Balaban J connectivity index is 1.68. The molecule has 0 unspecified atom stereocenters. The third-order valence-electron chi connectivity index (χ3n) is 3.63. The highest BCUT2D eigenvalue weighted by molar-refractivity contribution is 6.05. The highest BCUT2D eigenvalue weighted by Gasteiger charge is 2.11. The van der Waals surface area contributed by atoms with Crippen LogP contribution in [0.3, 0.4) is 0 Å². The van der Waals surface area contributed by atoms with Gasteiger partial charge in [-0.1, -0.05) is 36.4 Å². The molecule has 0 aliphatic heterocycles. The Morgan fingerprint density at radius 1 is 0.960 bits per heavy atom. The summed E-state index contributed by atoms with van der Waals surface area (Å²) in [6.45, 7) is 0.391. The Labute approximate surface area is 146 Å². The Kier molecular flexibility index (Phi) is 5.39. The minimum absolute atomic E-state index is 0.182. The Bertz CT molecular complexity index is 833. The van der Waals surface area contributed by atoms with Gasteiger partial charge in [-0.15, -0.1) is 0 Å². The number of carbonyl (C=O) groups excluding carboxylic acids is 1. The number of methoxy groups -OCH3 is 1. The molecule has 0 saturated carbocycles. The van der Waals surface area contributed by atoms with Crippen LogP contribution in [0.5, 0.6) is 0 Å². The number of hydrogen-bond acceptors (Lipinski definition) is 4. The number of nitrogens with zero attached hydrogens (tertiary/aromatic N) is 1. The monoisotopic (exact) mass is 333 g/mol. The first kappa shape index (κ1) is 16.7. The second-order valence-corrected chi connectivity index (χ2v) is 5.47. The maximum Gasteiger partial charge on any atom is 0.256 e. The number of amides is 1. The summed E-state index contributed by atoms with van der Waals surface area (Å²) in [6, 6.07) is 20.8. The second kappa shape index (κ2) is 8.08. The van der Waals surface area contributed by atoms with Crippen LogP contribution in [0, 0.1) is 0 Å². The van der Waals surface area contributed by atoms with Crippen LogP contribution in [0.2, 0.25) is 0 Å². The largest absolute Gasteiger partial charge is 0.380 e. The lowest BCUT2D eigenvalue weighted by atomic mass is 10.1. The van der Waals surface area contributed by atoms with E-state index in [-0.39, 0.29) is 5.91 Å². The van der Waals surface area contributed by atoms with E-state index in [9.17, 15) is 4.79 Å². The number of carbonyl (C=O) groups is 1. The number of benzene rings is 2. The summed E-state index contributed by atoms with van der Waals surface area (Å²) in [5, 5.41) is 6.06. The lowest BCUT2D eigenvalue weighted by Crippen LogP contribution is -2.14. The Hall–Kier alpha value is -3.18. The first-order valence-electron chi connectivity index (χ1n) is 7.92. The zero-order valence-electron chi connectivity index (χ0n) is 13.9. The molecule has 25 heavy (non-hydrogen) atoms. The first-order chi connectivity index (χ1) is 12.3. The van der Waals surface area contributed by atoms with Crippen molar-refractivity contribution in [2.24, 2.45) is 0 Å². The summed E-state index contributed by atoms with van der Waals surface area (Å²) in [6.07, 6.45) is 1.63. The van der Waals surface area contributed by atoms with E-state index in [4.69, 9.17) is 4.74 Å². The van der Waals surface area contributed by atoms with Crippen LogP contribution in [-0.2, 0) is 11.3 Å². The van der Waals surface area contributed by atoms with E-state index in [0.717, 1.165) is 11.3 Å². The fourth-order valence-electron chi connectivity index (χ4n) is 2.43. The highest BCUT2D eigenvalue weighted by Crippen LogP contribution is 2.17. The van der Waals surface area contributed by atoms with Gasteiger partial charge in [0.05, 0.1) is 18.5 Å². The zero-order chi connectivity index (χ0) is 17.5. The number of para-hydroxylation sites is 1. The summed E-state index contributed by atoms with van der Waals surface area (Å²) in [5.41, 5.74) is 3.03. The van der Waals surface area contributed by atoms with Gasteiger partial charge in [0, 0.05) is 18.4 Å². The smallest absolute Gasteiger partial charge is 0.256 e. The van der Waals surface area contributed by atoms with Gasteiger partial charge in [-0.05, 0) is 35.9 Å². The molecule has 3 rings (SSSR count). The van der Waals surface area contributed by atoms with Crippen molar-refractivity contribution in [2.75, 3.05) is 17.7 Å². The number of rotatable bonds is 6. The lowest BCUT2D eigenvalue weighted by Gasteiger charge is -2.10. The van der Waals surface area contributed by atoms with Gasteiger partial charge in [0.25, 0.3) is 5.91 Å². The number of pyridine rings is 1. The van der Waals surface area contributed by atoms with E-state index >= 15 is 0 Å². The van der Waals surface area contributed by atoms with Crippen LogP contribution in [0.15, 0.2) is 72.9 Å². The predicted molar refractivity (Wildman–Crippen MR) is 99.1 cm³/mol. The van der Waals surface area contributed by atoms with E-state index in [1.54, 1.807) is 19.4 Å². The Morgan fingerprint density at radius 3 is 2.44 bits per heavy atom. The van der Waals surface area contributed by atoms with Crippen LogP contribution in [0.25, 0.3) is 0 Å². The molecule has 1 aromatic heterocycles. The van der Waals surface area contributed by atoms with Gasteiger partial charge < -0.3 is 15.4 Å². The minimum Gasteiger partial charge on any atom is -0.380 e. The summed E-state index contributed by atoms with van der Waals surface area (Å²) in [5.74, 6) is 0.530. The molecule has 1 heterocycles. The zero-order valence-corrected chi connectivity index (χ0v) is 13.9. The molecule has 126 valence electrons. The van der Waals surface area contributed by atoms with E-state index in [1.807, 2.05) is 60.7 Å².